The van der Waals surface area contributed by atoms with Crippen molar-refractivity contribution in [2.45, 2.75) is 37.8 Å². The molecule has 29 heavy (non-hydrogen) atoms. The van der Waals surface area contributed by atoms with E-state index < -0.39 is 0 Å². The van der Waals surface area contributed by atoms with Gasteiger partial charge in [-0.2, -0.15) is 0 Å². The topological polar surface area (TPSA) is 30.0 Å². The molecule has 2 saturated heterocycles. The van der Waals surface area contributed by atoms with Crippen molar-refractivity contribution in [2.75, 3.05) is 50.8 Å². The fourth-order valence-corrected chi connectivity index (χ4v) is 5.01. The Labute approximate surface area is 175 Å². The molecule has 0 spiro atoms. The smallest absolute Gasteiger partial charge is 0.0446 e. The Kier molecular flexibility index (Phi) is 7.20. The fraction of sp³-hybridized carbons (Fsp3) is 0.520. The second kappa shape index (κ2) is 10.2. The Morgan fingerprint density at radius 2 is 1.52 bits per heavy atom. The van der Waals surface area contributed by atoms with E-state index in [1.54, 1.807) is 0 Å². The van der Waals surface area contributed by atoms with Crippen LogP contribution in [-0.4, -0.2) is 72.9 Å². The molecule has 0 radical (unpaired) electrons. The lowest BCUT2D eigenvalue weighted by molar-refractivity contribution is 0.0305. The molecule has 0 amide bonds. The highest BCUT2D eigenvalue weighted by Crippen LogP contribution is 2.25. The number of aliphatic hydroxyl groups excluding tert-OH is 1. The van der Waals surface area contributed by atoms with Crippen LogP contribution < -0.4 is 4.90 Å². The minimum atomic E-state index is 0.285. The van der Waals surface area contributed by atoms with E-state index in [9.17, 15) is 5.11 Å². The number of benzene rings is 2. The molecule has 1 atom stereocenters. The Morgan fingerprint density at radius 1 is 0.828 bits per heavy atom. The molecule has 1 N–H and O–H groups in total. The van der Waals surface area contributed by atoms with Crippen molar-refractivity contribution in [3.8, 4) is 0 Å². The van der Waals surface area contributed by atoms with Gasteiger partial charge in [0.05, 0.1) is 0 Å². The molecule has 0 saturated carbocycles. The van der Waals surface area contributed by atoms with E-state index in [2.05, 4.69) is 75.4 Å². The maximum absolute atomic E-state index is 9.63. The number of para-hydroxylation sites is 1. The lowest BCUT2D eigenvalue weighted by Crippen LogP contribution is -2.58. The molecule has 4 rings (SSSR count). The van der Waals surface area contributed by atoms with Crippen molar-refractivity contribution in [2.24, 2.45) is 0 Å². The Morgan fingerprint density at radius 3 is 2.21 bits per heavy atom. The first-order valence-electron chi connectivity index (χ1n) is 11.3. The van der Waals surface area contributed by atoms with E-state index in [-0.39, 0.29) is 6.61 Å². The third kappa shape index (κ3) is 5.39. The number of hydrogen-bond donors (Lipinski definition) is 1. The largest absolute Gasteiger partial charge is 0.396 e. The van der Waals surface area contributed by atoms with Crippen LogP contribution in [0.3, 0.4) is 0 Å². The minimum absolute atomic E-state index is 0.285. The fourth-order valence-electron chi connectivity index (χ4n) is 5.01. The van der Waals surface area contributed by atoms with E-state index in [0.717, 1.165) is 52.1 Å². The summed E-state index contributed by atoms with van der Waals surface area (Å²) in [5.74, 6) is 0. The van der Waals surface area contributed by atoms with Gasteiger partial charge in [0, 0.05) is 63.6 Å². The highest BCUT2D eigenvalue weighted by molar-refractivity contribution is 5.46. The van der Waals surface area contributed by atoms with Gasteiger partial charge < -0.3 is 10.0 Å². The summed E-state index contributed by atoms with van der Waals surface area (Å²) in [7, 11) is 0. The summed E-state index contributed by atoms with van der Waals surface area (Å²) in [6.07, 6.45) is 4.46. The molecular formula is C25H35N3O. The molecule has 4 heteroatoms. The molecule has 4 nitrogen and oxygen atoms in total. The van der Waals surface area contributed by atoms with Gasteiger partial charge in [0.1, 0.15) is 0 Å². The summed E-state index contributed by atoms with van der Waals surface area (Å²) in [6.45, 7) is 7.05. The van der Waals surface area contributed by atoms with Gasteiger partial charge in [0.15, 0.2) is 0 Å². The average molecular weight is 394 g/mol. The molecule has 2 aliphatic rings. The van der Waals surface area contributed by atoms with Crippen LogP contribution in [0.15, 0.2) is 60.7 Å². The number of aliphatic hydroxyl groups is 1. The van der Waals surface area contributed by atoms with Gasteiger partial charge in [-0.05, 0) is 43.4 Å². The average Bonchev–Trinajstić information content (AvgIpc) is 2.80. The molecule has 2 heterocycles. The van der Waals surface area contributed by atoms with Crippen LogP contribution in [0.25, 0.3) is 0 Å². The molecule has 156 valence electrons. The van der Waals surface area contributed by atoms with Crippen molar-refractivity contribution >= 4 is 5.69 Å². The third-order valence-corrected chi connectivity index (χ3v) is 6.73. The van der Waals surface area contributed by atoms with Crippen molar-refractivity contribution in [1.82, 2.24) is 9.80 Å². The number of rotatable bonds is 7. The first-order chi connectivity index (χ1) is 14.3. The maximum Gasteiger partial charge on any atom is 0.0446 e. The zero-order chi connectivity index (χ0) is 19.9. The van der Waals surface area contributed by atoms with Gasteiger partial charge in [0.25, 0.3) is 0 Å². The van der Waals surface area contributed by atoms with Crippen molar-refractivity contribution in [1.29, 1.82) is 0 Å². The zero-order valence-electron chi connectivity index (χ0n) is 17.5. The molecule has 2 aliphatic heterocycles. The standard InChI is InChI=1S/C25H35N3O/c29-20-14-25-21-28(19-18-27(25)15-11-22-7-3-1-4-8-22)24-12-16-26(17-13-24)23-9-5-2-6-10-23/h1-10,24-25,29H,11-21H2/t25-/m0/s1. The van der Waals surface area contributed by atoms with Gasteiger partial charge in [-0.25, -0.2) is 0 Å². The highest BCUT2D eigenvalue weighted by Gasteiger charge is 2.32. The Balaban J connectivity index is 1.29. The van der Waals surface area contributed by atoms with E-state index >= 15 is 0 Å². The first kappa shape index (κ1) is 20.4. The molecule has 2 fully saturated rings. The van der Waals surface area contributed by atoms with E-state index in [4.69, 9.17) is 0 Å². The lowest BCUT2D eigenvalue weighted by Gasteiger charge is -2.47. The summed E-state index contributed by atoms with van der Waals surface area (Å²) < 4.78 is 0. The number of piperidine rings is 1. The molecule has 0 aromatic heterocycles. The van der Waals surface area contributed by atoms with Crippen molar-refractivity contribution in [3.63, 3.8) is 0 Å². The van der Waals surface area contributed by atoms with Gasteiger partial charge >= 0.3 is 0 Å². The summed E-state index contributed by atoms with van der Waals surface area (Å²) in [4.78, 5) is 7.85. The molecule has 2 aromatic carbocycles. The Bertz CT molecular complexity index is 715. The van der Waals surface area contributed by atoms with E-state index in [0.29, 0.717) is 12.1 Å². The van der Waals surface area contributed by atoms with Crippen LogP contribution in [0, 0.1) is 0 Å². The molecule has 2 aromatic rings. The number of nitrogens with zero attached hydrogens (tertiary/aromatic N) is 3. The second-order valence-electron chi connectivity index (χ2n) is 8.49. The van der Waals surface area contributed by atoms with Crippen molar-refractivity contribution in [3.05, 3.63) is 66.2 Å². The third-order valence-electron chi connectivity index (χ3n) is 6.73. The summed E-state index contributed by atoms with van der Waals surface area (Å²) in [5.41, 5.74) is 2.76. The quantitative estimate of drug-likeness (QED) is 0.782. The normalized spacial score (nSPS) is 22.1. The van der Waals surface area contributed by atoms with E-state index in [1.165, 1.54) is 24.1 Å². The monoisotopic (exact) mass is 393 g/mol. The predicted octanol–water partition coefficient (Wildman–Crippen LogP) is 3.27. The maximum atomic E-state index is 9.63. The molecule has 0 unspecified atom stereocenters. The summed E-state index contributed by atoms with van der Waals surface area (Å²) in [5, 5.41) is 9.63. The number of hydrogen-bond acceptors (Lipinski definition) is 4. The SMILES string of the molecule is OCC[C@H]1CN(C2CCN(c3ccccc3)CC2)CCN1CCc1ccccc1. The predicted molar refractivity (Wildman–Crippen MR) is 120 cm³/mol. The second-order valence-corrected chi connectivity index (χ2v) is 8.49. The van der Waals surface area contributed by atoms with Crippen LogP contribution in [-0.2, 0) is 6.42 Å². The van der Waals surface area contributed by atoms with Crippen LogP contribution in [0.1, 0.15) is 24.8 Å². The van der Waals surface area contributed by atoms with Crippen molar-refractivity contribution < 1.29 is 5.11 Å². The van der Waals surface area contributed by atoms with Gasteiger partial charge in [-0.15, -0.1) is 0 Å². The van der Waals surface area contributed by atoms with E-state index in [1.807, 2.05) is 0 Å². The highest BCUT2D eigenvalue weighted by atomic mass is 16.3. The molecule has 0 bridgehead atoms. The number of piperazine rings is 1. The minimum Gasteiger partial charge on any atom is -0.396 e. The van der Waals surface area contributed by atoms with Gasteiger partial charge in [0.2, 0.25) is 0 Å². The van der Waals surface area contributed by atoms with Crippen LogP contribution in [0.5, 0.6) is 0 Å². The summed E-state index contributed by atoms with van der Waals surface area (Å²) >= 11 is 0. The van der Waals surface area contributed by atoms with Crippen LogP contribution in [0.4, 0.5) is 5.69 Å². The lowest BCUT2D eigenvalue weighted by atomic mass is 9.99. The van der Waals surface area contributed by atoms with Gasteiger partial charge in [-0.1, -0.05) is 48.5 Å². The zero-order valence-corrected chi connectivity index (χ0v) is 17.5. The van der Waals surface area contributed by atoms with Gasteiger partial charge in [-0.3, -0.25) is 9.80 Å². The first-order valence-corrected chi connectivity index (χ1v) is 11.3. The molecular weight excluding hydrogens is 358 g/mol. The molecule has 0 aliphatic carbocycles. The van der Waals surface area contributed by atoms with Crippen LogP contribution in [0.2, 0.25) is 0 Å². The Hall–Kier alpha value is -1.88. The number of anilines is 1. The summed E-state index contributed by atoms with van der Waals surface area (Å²) in [6, 6.07) is 22.7. The van der Waals surface area contributed by atoms with Crippen LogP contribution >= 0.6 is 0 Å².